The number of carboxylic acids is 2. The maximum atomic E-state index is 13.9. The molecule has 36 heavy (non-hydrogen) atoms. The molecule has 0 unspecified atom stereocenters. The Morgan fingerprint density at radius 1 is 1.11 bits per heavy atom. The third-order valence-corrected chi connectivity index (χ3v) is 7.26. The monoisotopic (exact) mass is 533 g/mol. The lowest BCUT2D eigenvalue weighted by atomic mass is 10.0. The molecule has 1 aromatic heterocycles. The van der Waals surface area contributed by atoms with Crippen molar-refractivity contribution >= 4 is 46.5 Å². The Morgan fingerprint density at radius 2 is 1.83 bits per heavy atom. The number of halogens is 2. The number of carbonyl (C=O) groups is 3. The van der Waals surface area contributed by atoms with E-state index >= 15 is 0 Å². The van der Waals surface area contributed by atoms with Gasteiger partial charge in [-0.3, -0.25) is 4.79 Å². The van der Waals surface area contributed by atoms with E-state index in [0.29, 0.717) is 42.2 Å². The fraction of sp³-hybridized carbons (Fsp3) is 0.240. The number of hydrogen-bond donors (Lipinski definition) is 2. The standard InChI is InChI=1S/C25H21ClFNO7S/c26-20-21(35-13-19(29)30)23(25(32)33)36-22(20)14-3-2-6-18(12-14)28(17-7-9-34-10-8-17)24(31)15-4-1-5-16(27)11-15/h1-6,11-12,17H,7-10,13H2,(H,29,30)(H,32,33). The van der Waals surface area contributed by atoms with E-state index in [1.54, 1.807) is 35.2 Å². The minimum absolute atomic E-state index is 0.0372. The molecular formula is C25H21ClFNO7S. The molecule has 1 amide bonds. The Kier molecular flexibility index (Phi) is 7.88. The Morgan fingerprint density at radius 3 is 2.50 bits per heavy atom. The van der Waals surface area contributed by atoms with Crippen molar-refractivity contribution < 1.29 is 38.5 Å². The van der Waals surface area contributed by atoms with Gasteiger partial charge in [0.05, 0.1) is 4.88 Å². The largest absolute Gasteiger partial charge is 0.479 e. The maximum Gasteiger partial charge on any atom is 0.349 e. The molecule has 4 rings (SSSR count). The minimum atomic E-state index is -1.31. The quantitative estimate of drug-likeness (QED) is 0.409. The summed E-state index contributed by atoms with van der Waals surface area (Å²) in [5, 5.41) is 18.5. The van der Waals surface area contributed by atoms with Crippen molar-refractivity contribution in [2.24, 2.45) is 0 Å². The first-order valence-electron chi connectivity index (χ1n) is 10.9. The summed E-state index contributed by atoms with van der Waals surface area (Å²) in [6, 6.07) is 12.1. The highest BCUT2D eigenvalue weighted by atomic mass is 35.5. The van der Waals surface area contributed by atoms with E-state index in [2.05, 4.69) is 0 Å². The number of ether oxygens (including phenoxy) is 2. The first kappa shape index (κ1) is 25.6. The van der Waals surface area contributed by atoms with Crippen LogP contribution in [0, 0.1) is 5.82 Å². The number of aliphatic carboxylic acids is 1. The van der Waals surface area contributed by atoms with Crippen molar-refractivity contribution in [2.75, 3.05) is 24.7 Å². The lowest BCUT2D eigenvalue weighted by molar-refractivity contribution is -0.139. The van der Waals surface area contributed by atoms with E-state index in [9.17, 15) is 23.9 Å². The Labute approximate surface area is 214 Å². The van der Waals surface area contributed by atoms with Crippen molar-refractivity contribution in [1.29, 1.82) is 0 Å². The van der Waals surface area contributed by atoms with Gasteiger partial charge in [0.2, 0.25) is 0 Å². The predicted molar refractivity (Wildman–Crippen MR) is 132 cm³/mol. The molecule has 2 aromatic carbocycles. The SMILES string of the molecule is O=C(O)COc1c(C(=O)O)sc(-c2cccc(N(C(=O)c3cccc(F)c3)C3CCOCC3)c2)c1Cl. The molecule has 11 heteroatoms. The Bertz CT molecular complexity index is 1310. The van der Waals surface area contributed by atoms with Crippen molar-refractivity contribution in [3.8, 4) is 16.2 Å². The summed E-state index contributed by atoms with van der Waals surface area (Å²) in [5.74, 6) is -3.72. The molecule has 1 aliphatic heterocycles. The van der Waals surface area contributed by atoms with Gasteiger partial charge in [0.25, 0.3) is 5.91 Å². The van der Waals surface area contributed by atoms with Gasteiger partial charge in [-0.2, -0.15) is 0 Å². The van der Waals surface area contributed by atoms with Crippen LogP contribution >= 0.6 is 22.9 Å². The van der Waals surface area contributed by atoms with Crippen LogP contribution in [0.4, 0.5) is 10.1 Å². The van der Waals surface area contributed by atoms with Crippen LogP contribution in [-0.4, -0.2) is 53.9 Å². The van der Waals surface area contributed by atoms with Gasteiger partial charge < -0.3 is 24.6 Å². The van der Waals surface area contributed by atoms with Gasteiger partial charge in [-0.05, 0) is 48.7 Å². The Balaban J connectivity index is 1.77. The van der Waals surface area contributed by atoms with Gasteiger partial charge >= 0.3 is 11.9 Å². The van der Waals surface area contributed by atoms with Crippen molar-refractivity contribution in [1.82, 2.24) is 0 Å². The van der Waals surface area contributed by atoms with Crippen LogP contribution in [0.3, 0.4) is 0 Å². The second-order valence-corrected chi connectivity index (χ2v) is 9.37. The van der Waals surface area contributed by atoms with Crippen LogP contribution in [0.1, 0.15) is 32.9 Å². The first-order valence-corrected chi connectivity index (χ1v) is 12.1. The molecule has 188 valence electrons. The molecule has 0 aliphatic carbocycles. The lowest BCUT2D eigenvalue weighted by Gasteiger charge is -2.34. The summed E-state index contributed by atoms with van der Waals surface area (Å²) >= 11 is 7.28. The van der Waals surface area contributed by atoms with E-state index in [-0.39, 0.29) is 33.2 Å². The fourth-order valence-corrected chi connectivity index (χ4v) is 5.38. The number of carboxylic acid groups (broad SMARTS) is 2. The van der Waals surface area contributed by atoms with Crippen LogP contribution in [-0.2, 0) is 9.53 Å². The normalized spacial score (nSPS) is 13.8. The molecule has 0 spiro atoms. The average Bonchev–Trinajstić information content (AvgIpc) is 3.20. The number of aromatic carboxylic acids is 1. The van der Waals surface area contributed by atoms with Gasteiger partial charge in [-0.1, -0.05) is 29.8 Å². The first-order chi connectivity index (χ1) is 17.3. The number of nitrogens with zero attached hydrogens (tertiary/aromatic N) is 1. The van der Waals surface area contributed by atoms with Gasteiger partial charge in [0, 0.05) is 30.5 Å². The number of rotatable bonds is 8. The maximum absolute atomic E-state index is 13.9. The lowest BCUT2D eigenvalue weighted by Crippen LogP contribution is -2.43. The van der Waals surface area contributed by atoms with Crippen molar-refractivity contribution in [3.05, 3.63) is 69.8 Å². The predicted octanol–water partition coefficient (Wildman–Crippen LogP) is 5.20. The number of thiophene rings is 1. The number of benzene rings is 2. The average molecular weight is 534 g/mol. The number of amides is 1. The van der Waals surface area contributed by atoms with Crippen LogP contribution in [0.25, 0.3) is 10.4 Å². The second kappa shape index (κ2) is 11.1. The molecule has 0 atom stereocenters. The van der Waals surface area contributed by atoms with Crippen molar-refractivity contribution in [3.63, 3.8) is 0 Å². The van der Waals surface area contributed by atoms with E-state index in [1.165, 1.54) is 18.2 Å². The van der Waals surface area contributed by atoms with Crippen LogP contribution in [0.2, 0.25) is 5.02 Å². The van der Waals surface area contributed by atoms with Gasteiger partial charge in [0.15, 0.2) is 17.2 Å². The summed E-state index contributed by atoms with van der Waals surface area (Å²) in [5.41, 5.74) is 1.22. The molecular weight excluding hydrogens is 513 g/mol. The number of carbonyl (C=O) groups excluding carboxylic acids is 1. The van der Waals surface area contributed by atoms with E-state index in [1.807, 2.05) is 0 Å². The van der Waals surface area contributed by atoms with Crippen LogP contribution in [0.5, 0.6) is 5.75 Å². The molecule has 3 aromatic rings. The van der Waals surface area contributed by atoms with E-state index in [4.69, 9.17) is 26.2 Å². The minimum Gasteiger partial charge on any atom is -0.479 e. The van der Waals surface area contributed by atoms with Crippen LogP contribution in [0.15, 0.2) is 48.5 Å². The highest BCUT2D eigenvalue weighted by Gasteiger charge is 2.30. The highest BCUT2D eigenvalue weighted by molar-refractivity contribution is 7.18. The zero-order valence-corrected chi connectivity index (χ0v) is 20.4. The molecule has 8 nitrogen and oxygen atoms in total. The molecule has 2 N–H and O–H groups in total. The second-order valence-electron chi connectivity index (χ2n) is 7.97. The summed E-state index contributed by atoms with van der Waals surface area (Å²) in [6.07, 6.45) is 1.17. The molecule has 2 heterocycles. The van der Waals surface area contributed by atoms with Gasteiger partial charge in [0.1, 0.15) is 10.8 Å². The summed E-state index contributed by atoms with van der Waals surface area (Å²) in [7, 11) is 0. The van der Waals surface area contributed by atoms with Gasteiger partial charge in [-0.15, -0.1) is 11.3 Å². The molecule has 1 aliphatic rings. The van der Waals surface area contributed by atoms with Gasteiger partial charge in [-0.25, -0.2) is 14.0 Å². The zero-order valence-electron chi connectivity index (χ0n) is 18.8. The molecule has 1 fully saturated rings. The topological polar surface area (TPSA) is 113 Å². The smallest absolute Gasteiger partial charge is 0.349 e. The Hall–Kier alpha value is -3.47. The summed E-state index contributed by atoms with van der Waals surface area (Å²) in [6.45, 7) is 0.191. The molecule has 0 saturated carbocycles. The fourth-order valence-electron chi connectivity index (χ4n) is 3.98. The van der Waals surface area contributed by atoms with Crippen molar-refractivity contribution in [2.45, 2.75) is 18.9 Å². The third-order valence-electron chi connectivity index (χ3n) is 5.58. The summed E-state index contributed by atoms with van der Waals surface area (Å²) < 4.78 is 24.5. The van der Waals surface area contributed by atoms with E-state index in [0.717, 1.165) is 11.3 Å². The highest BCUT2D eigenvalue weighted by Crippen LogP contribution is 2.46. The van der Waals surface area contributed by atoms with E-state index < -0.39 is 24.4 Å². The summed E-state index contributed by atoms with van der Waals surface area (Å²) in [4.78, 5) is 37.9. The zero-order chi connectivity index (χ0) is 25.8. The number of anilines is 1. The molecule has 0 bridgehead atoms. The van der Waals surface area contributed by atoms with Crippen LogP contribution < -0.4 is 9.64 Å². The molecule has 0 radical (unpaired) electrons. The third kappa shape index (κ3) is 5.51. The number of hydrogen-bond acceptors (Lipinski definition) is 6. The molecule has 1 saturated heterocycles.